The van der Waals surface area contributed by atoms with Gasteiger partial charge in [-0.25, -0.2) is 0 Å². The van der Waals surface area contributed by atoms with Crippen molar-refractivity contribution in [2.45, 2.75) is 83.5 Å². The zero-order chi connectivity index (χ0) is 24.2. The number of ether oxygens (including phenoxy) is 2. The lowest BCUT2D eigenvalue weighted by Crippen LogP contribution is -2.50. The summed E-state index contributed by atoms with van der Waals surface area (Å²) in [6, 6.07) is 12.6. The number of nitrogens with zero attached hydrogens (tertiary/aromatic N) is 1. The number of fused-ring (bicyclic) bond motifs is 1. The second-order valence-corrected chi connectivity index (χ2v) is 10.2. The summed E-state index contributed by atoms with van der Waals surface area (Å²) in [6.45, 7) is 7.28. The lowest BCUT2D eigenvalue weighted by Gasteiger charge is -2.45. The van der Waals surface area contributed by atoms with Gasteiger partial charge >= 0.3 is 0 Å². The molecule has 2 aliphatic rings. The summed E-state index contributed by atoms with van der Waals surface area (Å²) in [5.41, 5.74) is 3.20. The third kappa shape index (κ3) is 5.36. The summed E-state index contributed by atoms with van der Waals surface area (Å²) < 4.78 is 11.7. The number of carbonyl (C=O) groups excluding carboxylic acids is 1. The van der Waals surface area contributed by atoms with Crippen LogP contribution in [0.2, 0.25) is 5.02 Å². The molecule has 1 aliphatic carbocycles. The monoisotopic (exact) mass is 484 g/mol. The summed E-state index contributed by atoms with van der Waals surface area (Å²) in [6.07, 6.45) is 5.76. The smallest absolute Gasteiger partial charge is 0.228 e. The number of benzene rings is 2. The van der Waals surface area contributed by atoms with Crippen molar-refractivity contribution in [3.63, 3.8) is 0 Å². The van der Waals surface area contributed by atoms with Gasteiger partial charge in [0, 0.05) is 17.1 Å². The van der Waals surface area contributed by atoms with Crippen molar-refractivity contribution in [1.29, 1.82) is 0 Å². The summed E-state index contributed by atoms with van der Waals surface area (Å²) in [5.74, 6) is 1.57. The van der Waals surface area contributed by atoms with E-state index >= 15 is 0 Å². The van der Waals surface area contributed by atoms with Gasteiger partial charge in [-0.3, -0.25) is 4.79 Å². The number of halogens is 1. The molecule has 4 rings (SSSR count). The van der Waals surface area contributed by atoms with Gasteiger partial charge in [0.15, 0.2) is 11.5 Å². The molecule has 1 atom stereocenters. The standard InChI is InChI=1S/C28H37ClN2O3/c1-5-14-30-22-10-12-23(13-11-22)31-27(32)16-20-15-25(33-4)26(34-18(2)3)17-24(20)28(31)19-6-8-21(29)9-7-19/h6-9,15,17-18,22-23,28,30H,5,10-14,16H2,1-4H3/t22-,23-,28?. The number of hydrogen-bond donors (Lipinski definition) is 1. The van der Waals surface area contributed by atoms with E-state index in [1.807, 2.05) is 44.2 Å². The lowest BCUT2D eigenvalue weighted by molar-refractivity contribution is -0.136. The molecule has 1 N–H and O–H groups in total. The van der Waals surface area contributed by atoms with Crippen LogP contribution in [0.25, 0.3) is 0 Å². The Balaban J connectivity index is 1.73. The van der Waals surface area contributed by atoms with Gasteiger partial charge in [0.2, 0.25) is 5.91 Å². The fourth-order valence-corrected chi connectivity index (χ4v) is 5.51. The molecule has 2 aromatic rings. The molecule has 0 bridgehead atoms. The first kappa shape index (κ1) is 24.9. The third-order valence-corrected chi connectivity index (χ3v) is 7.20. The van der Waals surface area contributed by atoms with Crippen LogP contribution in [0.15, 0.2) is 36.4 Å². The number of rotatable bonds is 8. The highest BCUT2D eigenvalue weighted by atomic mass is 35.5. The number of amides is 1. The Morgan fingerprint density at radius 1 is 1.09 bits per heavy atom. The van der Waals surface area contributed by atoms with Crippen LogP contribution in [0.5, 0.6) is 11.5 Å². The normalized spacial score (nSPS) is 22.6. The van der Waals surface area contributed by atoms with Crippen molar-refractivity contribution in [2.75, 3.05) is 13.7 Å². The van der Waals surface area contributed by atoms with Crippen molar-refractivity contribution in [1.82, 2.24) is 10.2 Å². The van der Waals surface area contributed by atoms with Crippen LogP contribution in [0.3, 0.4) is 0 Å². The first-order valence-corrected chi connectivity index (χ1v) is 13.0. The van der Waals surface area contributed by atoms with Crippen LogP contribution in [0.4, 0.5) is 0 Å². The van der Waals surface area contributed by atoms with E-state index in [1.165, 1.54) is 0 Å². The zero-order valence-corrected chi connectivity index (χ0v) is 21.5. The van der Waals surface area contributed by atoms with Crippen LogP contribution in [-0.2, 0) is 11.2 Å². The second kappa shape index (κ2) is 11.0. The van der Waals surface area contributed by atoms with Gasteiger partial charge in [0.1, 0.15) is 0 Å². The lowest BCUT2D eigenvalue weighted by atomic mass is 9.82. The minimum Gasteiger partial charge on any atom is -0.493 e. The maximum absolute atomic E-state index is 13.6. The molecule has 184 valence electrons. The fraction of sp³-hybridized carbons (Fsp3) is 0.536. The molecule has 2 aromatic carbocycles. The average molecular weight is 485 g/mol. The molecule has 0 aromatic heterocycles. The van der Waals surface area contributed by atoms with Gasteiger partial charge in [0.05, 0.1) is 25.7 Å². The zero-order valence-electron chi connectivity index (χ0n) is 20.8. The van der Waals surface area contributed by atoms with Gasteiger partial charge in [0.25, 0.3) is 0 Å². The van der Waals surface area contributed by atoms with Crippen molar-refractivity contribution in [2.24, 2.45) is 0 Å². The quantitative estimate of drug-likeness (QED) is 0.505. The Hall–Kier alpha value is -2.24. The van der Waals surface area contributed by atoms with Crippen LogP contribution in [0.1, 0.15) is 75.6 Å². The number of hydrogen-bond acceptors (Lipinski definition) is 4. The first-order valence-electron chi connectivity index (χ1n) is 12.6. The molecule has 1 fully saturated rings. The predicted octanol–water partition coefficient (Wildman–Crippen LogP) is 5.92. The number of nitrogens with one attached hydrogen (secondary N) is 1. The molecule has 0 radical (unpaired) electrons. The Kier molecular flexibility index (Phi) is 8.05. The maximum atomic E-state index is 13.6. The Labute approximate surface area is 208 Å². The van der Waals surface area contributed by atoms with E-state index in [9.17, 15) is 4.79 Å². The third-order valence-electron chi connectivity index (χ3n) is 6.95. The molecular formula is C28H37ClN2O3. The Morgan fingerprint density at radius 3 is 2.41 bits per heavy atom. The summed E-state index contributed by atoms with van der Waals surface area (Å²) in [4.78, 5) is 15.8. The van der Waals surface area contributed by atoms with Gasteiger partial charge < -0.3 is 19.7 Å². The van der Waals surface area contributed by atoms with Crippen molar-refractivity contribution in [3.8, 4) is 11.5 Å². The van der Waals surface area contributed by atoms with E-state index in [0.29, 0.717) is 23.2 Å². The van der Waals surface area contributed by atoms with Gasteiger partial charge in [-0.05, 0) is 93.5 Å². The molecule has 34 heavy (non-hydrogen) atoms. The van der Waals surface area contributed by atoms with E-state index in [2.05, 4.69) is 23.2 Å². The summed E-state index contributed by atoms with van der Waals surface area (Å²) in [5, 5.41) is 4.35. The summed E-state index contributed by atoms with van der Waals surface area (Å²) in [7, 11) is 1.65. The minimum absolute atomic E-state index is 0.0214. The van der Waals surface area contributed by atoms with E-state index in [4.69, 9.17) is 21.1 Å². The highest BCUT2D eigenvalue weighted by molar-refractivity contribution is 6.30. The highest BCUT2D eigenvalue weighted by Gasteiger charge is 2.40. The minimum atomic E-state index is -0.168. The second-order valence-electron chi connectivity index (χ2n) is 9.76. The topological polar surface area (TPSA) is 50.8 Å². The molecular weight excluding hydrogens is 448 g/mol. The first-order chi connectivity index (χ1) is 16.4. The van der Waals surface area contributed by atoms with Crippen LogP contribution >= 0.6 is 11.6 Å². The predicted molar refractivity (Wildman–Crippen MR) is 137 cm³/mol. The number of carbonyl (C=O) groups is 1. The molecule has 0 spiro atoms. The molecule has 1 saturated carbocycles. The van der Waals surface area contributed by atoms with Gasteiger partial charge in [-0.1, -0.05) is 30.7 Å². The highest BCUT2D eigenvalue weighted by Crippen LogP contribution is 2.44. The average Bonchev–Trinajstić information content (AvgIpc) is 2.82. The van der Waals surface area contributed by atoms with Crippen LogP contribution in [0, 0.1) is 0 Å². The summed E-state index contributed by atoms with van der Waals surface area (Å²) >= 11 is 6.22. The Bertz CT molecular complexity index is 984. The van der Waals surface area contributed by atoms with E-state index in [-0.39, 0.29) is 24.1 Å². The maximum Gasteiger partial charge on any atom is 0.228 e. The molecule has 1 unspecified atom stereocenters. The SMILES string of the molecule is CCCN[C@H]1CC[C@H](N2C(=O)Cc3cc(OC)c(OC(C)C)cc3C2c2ccc(Cl)cc2)CC1. The molecule has 1 aliphatic heterocycles. The van der Waals surface area contributed by atoms with Crippen molar-refractivity contribution >= 4 is 17.5 Å². The van der Waals surface area contributed by atoms with E-state index < -0.39 is 0 Å². The van der Waals surface area contributed by atoms with Crippen LogP contribution < -0.4 is 14.8 Å². The van der Waals surface area contributed by atoms with Gasteiger partial charge in [-0.2, -0.15) is 0 Å². The van der Waals surface area contributed by atoms with E-state index in [0.717, 1.165) is 61.1 Å². The molecule has 6 heteroatoms. The largest absolute Gasteiger partial charge is 0.493 e. The van der Waals surface area contributed by atoms with Crippen molar-refractivity contribution < 1.29 is 14.3 Å². The van der Waals surface area contributed by atoms with E-state index in [1.54, 1.807) is 7.11 Å². The van der Waals surface area contributed by atoms with Crippen LogP contribution in [-0.4, -0.2) is 42.6 Å². The van der Waals surface area contributed by atoms with Crippen molar-refractivity contribution in [3.05, 3.63) is 58.1 Å². The fourth-order valence-electron chi connectivity index (χ4n) is 5.39. The Morgan fingerprint density at radius 2 is 1.79 bits per heavy atom. The number of methoxy groups -OCH3 is 1. The molecule has 0 saturated heterocycles. The molecule has 5 nitrogen and oxygen atoms in total. The molecule has 1 heterocycles. The van der Waals surface area contributed by atoms with Gasteiger partial charge in [-0.15, -0.1) is 0 Å². The molecule has 1 amide bonds.